The van der Waals surface area contributed by atoms with Crippen molar-refractivity contribution in [3.63, 3.8) is 0 Å². The molecule has 0 aliphatic carbocycles. The molecular weight excluding hydrogens is 532 g/mol. The lowest BCUT2D eigenvalue weighted by Gasteiger charge is -2.28. The minimum Gasteiger partial charge on any atom is -0.480 e. The molecule has 1 aliphatic rings. The van der Waals surface area contributed by atoms with E-state index in [0.717, 1.165) is 27.1 Å². The summed E-state index contributed by atoms with van der Waals surface area (Å²) in [7, 11) is 0. The minimum atomic E-state index is -1.26. The predicted molar refractivity (Wildman–Crippen MR) is 164 cm³/mol. The average molecular weight is 565 g/mol. The smallest absolute Gasteiger partial charge is 0.327 e. The topological polar surface area (TPSA) is 86.7 Å². The van der Waals surface area contributed by atoms with Gasteiger partial charge in [0.2, 0.25) is 0 Å². The van der Waals surface area contributed by atoms with Crippen LogP contribution in [0.1, 0.15) is 43.4 Å². The van der Waals surface area contributed by atoms with Crippen molar-refractivity contribution >= 4 is 40.9 Å². The van der Waals surface area contributed by atoms with Gasteiger partial charge in [0, 0.05) is 22.0 Å². The number of aryl methyl sites for hydroxylation is 3. The van der Waals surface area contributed by atoms with Crippen LogP contribution in [0.4, 0.5) is 10.5 Å². The van der Waals surface area contributed by atoms with Crippen LogP contribution in [0.2, 0.25) is 0 Å². The number of hydrogen-bond donors (Lipinski definition) is 2. The molecule has 2 amide bonds. The SMILES string of the molecule is Cc1cccc(NC(=O)N2C(C=Cc3ccccc3)C(C(=O)c3ccccc3C)C(c3sccc3C)C2C(=O)O)c1. The van der Waals surface area contributed by atoms with Crippen molar-refractivity contribution in [1.29, 1.82) is 0 Å². The van der Waals surface area contributed by atoms with Gasteiger partial charge < -0.3 is 15.3 Å². The van der Waals surface area contributed by atoms with Gasteiger partial charge in [0.25, 0.3) is 0 Å². The second-order valence-electron chi connectivity index (χ2n) is 10.4. The van der Waals surface area contributed by atoms with Crippen LogP contribution >= 0.6 is 11.3 Å². The largest absolute Gasteiger partial charge is 0.480 e. The summed E-state index contributed by atoms with van der Waals surface area (Å²) in [5.41, 5.74) is 4.64. The number of carboxylic acid groups (broad SMARTS) is 1. The van der Waals surface area contributed by atoms with Gasteiger partial charge in [0.1, 0.15) is 6.04 Å². The van der Waals surface area contributed by atoms with Gasteiger partial charge in [-0.2, -0.15) is 0 Å². The summed E-state index contributed by atoms with van der Waals surface area (Å²) in [5.74, 6) is -2.90. The second-order valence-corrected chi connectivity index (χ2v) is 11.4. The summed E-state index contributed by atoms with van der Waals surface area (Å²) in [5, 5.41) is 15.5. The van der Waals surface area contributed by atoms with Crippen molar-refractivity contribution in [3.8, 4) is 0 Å². The zero-order chi connectivity index (χ0) is 29.1. The molecule has 0 radical (unpaired) electrons. The van der Waals surface area contributed by atoms with Gasteiger partial charge in [-0.15, -0.1) is 11.3 Å². The molecule has 0 bridgehead atoms. The first kappa shape index (κ1) is 28.1. The number of hydrogen-bond acceptors (Lipinski definition) is 4. The van der Waals surface area contributed by atoms with Gasteiger partial charge in [0.05, 0.1) is 12.0 Å². The fourth-order valence-electron chi connectivity index (χ4n) is 5.75. The lowest BCUT2D eigenvalue weighted by Crippen LogP contribution is -2.48. The zero-order valence-corrected chi connectivity index (χ0v) is 24.0. The van der Waals surface area contributed by atoms with Crippen molar-refractivity contribution in [3.05, 3.63) is 129 Å². The number of aliphatic carboxylic acids is 1. The molecule has 1 fully saturated rings. The van der Waals surface area contributed by atoms with Crippen molar-refractivity contribution in [2.75, 3.05) is 5.32 Å². The first-order valence-corrected chi connectivity index (χ1v) is 14.4. The Kier molecular flexibility index (Phi) is 8.17. The van der Waals surface area contributed by atoms with E-state index in [2.05, 4.69) is 5.32 Å². The molecule has 7 heteroatoms. The Morgan fingerprint density at radius 3 is 2.27 bits per heavy atom. The van der Waals surface area contributed by atoms with Crippen LogP contribution in [0.3, 0.4) is 0 Å². The Labute approximate surface area is 244 Å². The van der Waals surface area contributed by atoms with E-state index < -0.39 is 35.9 Å². The normalized spacial score (nSPS) is 20.3. The Balaban J connectivity index is 1.69. The number of nitrogens with one attached hydrogen (secondary N) is 1. The molecule has 6 nitrogen and oxygen atoms in total. The number of ketones is 1. The van der Waals surface area contributed by atoms with E-state index in [-0.39, 0.29) is 5.78 Å². The summed E-state index contributed by atoms with van der Waals surface area (Å²) in [6.45, 7) is 5.72. The maximum atomic E-state index is 14.5. The number of carboxylic acids is 1. The van der Waals surface area contributed by atoms with Gasteiger partial charge in [-0.05, 0) is 66.6 Å². The quantitative estimate of drug-likeness (QED) is 0.230. The number of amides is 2. The standard InChI is InChI=1S/C34H32N2O4S/c1-21-10-9-14-25(20-21)35-34(40)36-27(17-16-24-12-5-4-6-13-24)28(31(37)26-15-8-7-11-22(26)2)29(30(36)33(38)39)32-23(3)18-19-41-32/h4-20,27-30H,1-3H3,(H,35,40)(H,38,39). The Morgan fingerprint density at radius 2 is 1.61 bits per heavy atom. The molecular formula is C34H32N2O4S. The number of likely N-dealkylation sites (tertiary alicyclic amines) is 1. The highest BCUT2D eigenvalue weighted by atomic mass is 32.1. The van der Waals surface area contributed by atoms with Gasteiger partial charge in [-0.25, -0.2) is 9.59 Å². The van der Waals surface area contributed by atoms with E-state index in [0.29, 0.717) is 11.3 Å². The summed E-state index contributed by atoms with van der Waals surface area (Å²) < 4.78 is 0. The van der Waals surface area contributed by atoms with Gasteiger partial charge in [0.15, 0.2) is 5.78 Å². The van der Waals surface area contributed by atoms with Gasteiger partial charge >= 0.3 is 12.0 Å². The van der Waals surface area contributed by atoms with Crippen LogP contribution in [0.15, 0.2) is 96.4 Å². The molecule has 1 aliphatic heterocycles. The third kappa shape index (κ3) is 5.72. The number of urea groups is 1. The highest BCUT2D eigenvalue weighted by molar-refractivity contribution is 7.10. The molecule has 1 saturated heterocycles. The number of rotatable bonds is 7. The average Bonchev–Trinajstić information content (AvgIpc) is 3.53. The Hall–Kier alpha value is -4.49. The second kappa shape index (κ2) is 11.9. The minimum absolute atomic E-state index is 0.180. The predicted octanol–water partition coefficient (Wildman–Crippen LogP) is 7.34. The number of anilines is 1. The van der Waals surface area contributed by atoms with Gasteiger partial charge in [-0.1, -0.05) is 78.9 Å². The van der Waals surface area contributed by atoms with Crippen molar-refractivity contribution in [1.82, 2.24) is 4.90 Å². The molecule has 1 aromatic heterocycles. The first-order chi connectivity index (χ1) is 19.8. The van der Waals surface area contributed by atoms with Crippen LogP contribution < -0.4 is 5.32 Å². The lowest BCUT2D eigenvalue weighted by molar-refractivity contribution is -0.141. The van der Waals surface area contributed by atoms with E-state index in [1.165, 1.54) is 16.2 Å². The van der Waals surface area contributed by atoms with Crippen LogP contribution in [0.5, 0.6) is 0 Å². The monoisotopic (exact) mass is 564 g/mol. The number of carbonyl (C=O) groups is 3. The van der Waals surface area contributed by atoms with E-state index in [1.54, 1.807) is 12.1 Å². The molecule has 4 aromatic rings. The van der Waals surface area contributed by atoms with Crippen LogP contribution in [-0.2, 0) is 4.79 Å². The highest BCUT2D eigenvalue weighted by Gasteiger charge is 2.57. The van der Waals surface area contributed by atoms with Crippen molar-refractivity contribution in [2.45, 2.75) is 38.8 Å². The van der Waals surface area contributed by atoms with Crippen LogP contribution in [0, 0.1) is 26.7 Å². The molecule has 4 unspecified atom stereocenters. The Bertz CT molecular complexity index is 1610. The molecule has 208 valence electrons. The van der Waals surface area contributed by atoms with E-state index >= 15 is 0 Å². The molecule has 2 N–H and O–H groups in total. The molecule has 3 aromatic carbocycles. The summed E-state index contributed by atoms with van der Waals surface area (Å²) in [6.07, 6.45) is 3.67. The Morgan fingerprint density at radius 1 is 0.878 bits per heavy atom. The van der Waals surface area contributed by atoms with E-state index in [9.17, 15) is 19.5 Å². The molecule has 4 atom stereocenters. The number of benzene rings is 3. The first-order valence-electron chi connectivity index (χ1n) is 13.5. The van der Waals surface area contributed by atoms with Crippen molar-refractivity contribution in [2.24, 2.45) is 5.92 Å². The molecule has 0 spiro atoms. The fraction of sp³-hybridized carbons (Fsp3) is 0.206. The van der Waals surface area contributed by atoms with E-state index in [4.69, 9.17) is 0 Å². The number of nitrogens with zero attached hydrogens (tertiary/aromatic N) is 1. The summed E-state index contributed by atoms with van der Waals surface area (Å²) in [4.78, 5) is 43.7. The highest BCUT2D eigenvalue weighted by Crippen LogP contribution is 2.48. The third-order valence-corrected chi connectivity index (χ3v) is 8.80. The van der Waals surface area contributed by atoms with Crippen molar-refractivity contribution < 1.29 is 19.5 Å². The summed E-state index contributed by atoms with van der Waals surface area (Å²) >= 11 is 1.43. The van der Waals surface area contributed by atoms with Gasteiger partial charge in [-0.3, -0.25) is 4.79 Å². The summed E-state index contributed by atoms with van der Waals surface area (Å²) in [6, 6.07) is 23.5. The van der Waals surface area contributed by atoms with Crippen LogP contribution in [0.25, 0.3) is 6.08 Å². The molecule has 0 saturated carbocycles. The molecule has 5 rings (SSSR count). The maximum Gasteiger partial charge on any atom is 0.327 e. The number of Topliss-reactive ketones (excluding diaryl/α,β-unsaturated/α-hetero) is 1. The number of thiophene rings is 1. The van der Waals surface area contributed by atoms with E-state index in [1.807, 2.05) is 111 Å². The molecule has 41 heavy (non-hydrogen) atoms. The molecule has 2 heterocycles. The fourth-order valence-corrected chi connectivity index (χ4v) is 6.86. The number of carbonyl (C=O) groups excluding carboxylic acids is 2. The lowest BCUT2D eigenvalue weighted by atomic mass is 9.79. The van der Waals surface area contributed by atoms with Crippen LogP contribution in [-0.4, -0.2) is 39.9 Å². The third-order valence-electron chi connectivity index (χ3n) is 7.68. The maximum absolute atomic E-state index is 14.5. The zero-order valence-electron chi connectivity index (χ0n) is 23.2.